The lowest BCUT2D eigenvalue weighted by Crippen LogP contribution is -2.09. The molecule has 0 N–H and O–H groups in total. The Morgan fingerprint density at radius 1 is 0.293 bits per heavy atom. The van der Waals surface area contributed by atoms with Crippen LogP contribution in [0.25, 0.3) is 60.6 Å². The summed E-state index contributed by atoms with van der Waals surface area (Å²) in [7, 11) is 0. The van der Waals surface area contributed by atoms with Crippen molar-refractivity contribution < 1.29 is 4.42 Å². The second-order valence-corrected chi connectivity index (χ2v) is 14.6. The van der Waals surface area contributed by atoms with Crippen LogP contribution in [0.15, 0.2) is 229 Å². The molecule has 0 bridgehead atoms. The Labute approximate surface area is 336 Å². The van der Waals surface area contributed by atoms with E-state index in [0.717, 1.165) is 61.8 Å². The summed E-state index contributed by atoms with van der Waals surface area (Å²) < 4.78 is 9.15. The molecule has 0 aliphatic rings. The SMILES string of the molecule is c1ccc(-c2cccc(N(c3ccccc3)c3ccc4c(c3)oc3cc(N(c5ccccc5)c5ccc6c(c5)c5ccccc5n6-c5ccccc5)ccc34)c2)cc1. The van der Waals surface area contributed by atoms with Crippen molar-refractivity contribution >= 4 is 77.9 Å². The molecule has 0 saturated carbocycles. The van der Waals surface area contributed by atoms with E-state index in [1.165, 1.54) is 32.9 Å². The van der Waals surface area contributed by atoms with E-state index in [4.69, 9.17) is 4.42 Å². The Kier molecular flexibility index (Phi) is 8.11. The van der Waals surface area contributed by atoms with Gasteiger partial charge >= 0.3 is 0 Å². The zero-order chi connectivity index (χ0) is 38.4. The molecule has 11 rings (SSSR count). The first-order valence-corrected chi connectivity index (χ1v) is 19.7. The van der Waals surface area contributed by atoms with Crippen molar-refractivity contribution in [3.63, 3.8) is 0 Å². The largest absolute Gasteiger partial charge is 0.456 e. The number of anilines is 6. The maximum atomic E-state index is 6.79. The minimum absolute atomic E-state index is 0.838. The normalized spacial score (nSPS) is 11.4. The van der Waals surface area contributed by atoms with E-state index in [0.29, 0.717) is 0 Å². The maximum absolute atomic E-state index is 6.79. The van der Waals surface area contributed by atoms with Crippen molar-refractivity contribution in [2.45, 2.75) is 0 Å². The van der Waals surface area contributed by atoms with Gasteiger partial charge in [-0.15, -0.1) is 0 Å². The molecule has 9 aromatic carbocycles. The van der Waals surface area contributed by atoms with Crippen molar-refractivity contribution in [1.29, 1.82) is 0 Å². The molecular weight excluding hydrogens is 707 g/mol. The standard InChI is InChI=1S/C54H37N3O/c1-5-16-38(17-6-1)39-18-15-25-43(34-39)55(40-19-7-2-8-20-40)45-28-31-48-49-32-29-46(37-54(49)58-53(48)36-45)56(41-21-9-3-10-22-41)44-30-33-52-50(35-44)47-26-13-14-27-51(47)57(52)42-23-11-4-12-24-42/h1-37H. The average Bonchev–Trinajstić information content (AvgIpc) is 3.83. The highest BCUT2D eigenvalue weighted by Gasteiger charge is 2.20. The number of aromatic nitrogens is 1. The van der Waals surface area contributed by atoms with Crippen molar-refractivity contribution in [3.05, 3.63) is 224 Å². The Hall–Kier alpha value is -7.82. The Bertz CT molecular complexity index is 3230. The number of furan rings is 1. The third-order valence-corrected chi connectivity index (χ3v) is 11.1. The first-order chi connectivity index (χ1) is 28.8. The molecule has 0 amide bonds. The van der Waals surface area contributed by atoms with Crippen molar-refractivity contribution in [2.24, 2.45) is 0 Å². The molecule has 0 aliphatic carbocycles. The van der Waals surface area contributed by atoms with Crippen LogP contribution in [-0.2, 0) is 0 Å². The Morgan fingerprint density at radius 2 is 0.759 bits per heavy atom. The van der Waals surface area contributed by atoms with Gasteiger partial charge in [-0.25, -0.2) is 0 Å². The summed E-state index contributed by atoms with van der Waals surface area (Å²) in [5, 5.41) is 4.58. The molecule has 0 saturated heterocycles. The van der Waals surface area contributed by atoms with Gasteiger partial charge in [-0.2, -0.15) is 0 Å². The van der Waals surface area contributed by atoms with Gasteiger partial charge in [0.2, 0.25) is 0 Å². The van der Waals surface area contributed by atoms with Crippen LogP contribution in [0.3, 0.4) is 0 Å². The smallest absolute Gasteiger partial charge is 0.137 e. The number of hydrogen-bond donors (Lipinski definition) is 0. The topological polar surface area (TPSA) is 24.6 Å². The van der Waals surface area contributed by atoms with Crippen LogP contribution in [0, 0.1) is 0 Å². The summed E-state index contributed by atoms with van der Waals surface area (Å²) in [6.07, 6.45) is 0. The second-order valence-electron chi connectivity index (χ2n) is 14.6. The fourth-order valence-corrected chi connectivity index (χ4v) is 8.49. The quantitative estimate of drug-likeness (QED) is 0.155. The fraction of sp³-hybridized carbons (Fsp3) is 0. The lowest BCUT2D eigenvalue weighted by molar-refractivity contribution is 0.669. The third-order valence-electron chi connectivity index (χ3n) is 11.1. The van der Waals surface area contributed by atoms with Crippen LogP contribution >= 0.6 is 0 Å². The van der Waals surface area contributed by atoms with Crippen LogP contribution in [0.5, 0.6) is 0 Å². The molecule has 4 nitrogen and oxygen atoms in total. The number of benzene rings is 9. The fourth-order valence-electron chi connectivity index (χ4n) is 8.49. The van der Waals surface area contributed by atoms with E-state index >= 15 is 0 Å². The van der Waals surface area contributed by atoms with E-state index in [-0.39, 0.29) is 0 Å². The van der Waals surface area contributed by atoms with Gasteiger partial charge in [-0.05, 0) is 108 Å². The van der Waals surface area contributed by atoms with Crippen molar-refractivity contribution in [3.8, 4) is 16.8 Å². The van der Waals surface area contributed by atoms with Crippen LogP contribution in [0.1, 0.15) is 0 Å². The molecule has 0 atom stereocenters. The van der Waals surface area contributed by atoms with E-state index < -0.39 is 0 Å². The highest BCUT2D eigenvalue weighted by Crippen LogP contribution is 2.43. The number of rotatable bonds is 8. The zero-order valence-electron chi connectivity index (χ0n) is 31.6. The molecular formula is C54H37N3O. The lowest BCUT2D eigenvalue weighted by atomic mass is 10.0. The van der Waals surface area contributed by atoms with Gasteiger partial charge in [0.15, 0.2) is 0 Å². The highest BCUT2D eigenvalue weighted by atomic mass is 16.3. The van der Waals surface area contributed by atoms with E-state index in [1.54, 1.807) is 0 Å². The molecule has 2 heterocycles. The monoisotopic (exact) mass is 743 g/mol. The summed E-state index contributed by atoms with van der Waals surface area (Å²) in [5.41, 5.74) is 13.9. The number of para-hydroxylation sites is 4. The molecule has 2 aromatic heterocycles. The predicted molar refractivity (Wildman–Crippen MR) is 243 cm³/mol. The Morgan fingerprint density at radius 3 is 1.40 bits per heavy atom. The summed E-state index contributed by atoms with van der Waals surface area (Å²) >= 11 is 0. The maximum Gasteiger partial charge on any atom is 0.137 e. The molecule has 4 heteroatoms. The molecule has 0 aliphatic heterocycles. The summed E-state index contributed by atoms with van der Waals surface area (Å²) in [6, 6.07) is 79.6. The number of fused-ring (bicyclic) bond motifs is 6. The number of nitrogens with zero attached hydrogens (tertiary/aromatic N) is 3. The first kappa shape index (κ1) is 33.5. The highest BCUT2D eigenvalue weighted by molar-refractivity contribution is 6.11. The number of hydrogen-bond acceptors (Lipinski definition) is 3. The van der Waals surface area contributed by atoms with Gasteiger partial charge in [0.05, 0.1) is 11.0 Å². The minimum Gasteiger partial charge on any atom is -0.456 e. The summed E-state index contributed by atoms with van der Waals surface area (Å²) in [4.78, 5) is 4.62. The molecule has 274 valence electrons. The minimum atomic E-state index is 0.838. The predicted octanol–water partition coefficient (Wildman–Crippen LogP) is 15.3. The van der Waals surface area contributed by atoms with Crippen molar-refractivity contribution in [1.82, 2.24) is 4.57 Å². The van der Waals surface area contributed by atoms with Gasteiger partial charge in [0, 0.05) is 73.5 Å². The van der Waals surface area contributed by atoms with Gasteiger partial charge in [-0.3, -0.25) is 0 Å². The lowest BCUT2D eigenvalue weighted by Gasteiger charge is -2.26. The van der Waals surface area contributed by atoms with Crippen molar-refractivity contribution in [2.75, 3.05) is 9.80 Å². The van der Waals surface area contributed by atoms with Gasteiger partial charge < -0.3 is 18.8 Å². The van der Waals surface area contributed by atoms with Crippen LogP contribution < -0.4 is 9.80 Å². The van der Waals surface area contributed by atoms with E-state index in [9.17, 15) is 0 Å². The molecule has 0 spiro atoms. The Balaban J connectivity index is 1.03. The average molecular weight is 744 g/mol. The summed E-state index contributed by atoms with van der Waals surface area (Å²) in [5.74, 6) is 0. The summed E-state index contributed by atoms with van der Waals surface area (Å²) in [6.45, 7) is 0. The first-order valence-electron chi connectivity index (χ1n) is 19.7. The zero-order valence-corrected chi connectivity index (χ0v) is 31.6. The van der Waals surface area contributed by atoms with Gasteiger partial charge in [0.25, 0.3) is 0 Å². The van der Waals surface area contributed by atoms with E-state index in [1.807, 2.05) is 0 Å². The molecule has 0 fully saturated rings. The molecule has 58 heavy (non-hydrogen) atoms. The van der Waals surface area contributed by atoms with E-state index in [2.05, 4.69) is 239 Å². The second kappa shape index (κ2) is 14.0. The van der Waals surface area contributed by atoms with Gasteiger partial charge in [0.1, 0.15) is 11.2 Å². The van der Waals surface area contributed by atoms with Crippen LogP contribution in [-0.4, -0.2) is 4.57 Å². The molecule has 11 aromatic rings. The third kappa shape index (κ3) is 5.78. The molecule has 0 unspecified atom stereocenters. The molecule has 0 radical (unpaired) electrons. The van der Waals surface area contributed by atoms with Crippen LogP contribution in [0.4, 0.5) is 34.1 Å². The van der Waals surface area contributed by atoms with Crippen LogP contribution in [0.2, 0.25) is 0 Å². The van der Waals surface area contributed by atoms with Gasteiger partial charge in [-0.1, -0.05) is 115 Å².